The molecule has 0 spiro atoms. The highest BCUT2D eigenvalue weighted by Gasteiger charge is 2.53. The van der Waals surface area contributed by atoms with Gasteiger partial charge in [-0.05, 0) is 217 Å². The summed E-state index contributed by atoms with van der Waals surface area (Å²) >= 11 is 0. The average molecular weight is 921 g/mol. The van der Waals surface area contributed by atoms with Gasteiger partial charge in [-0.3, -0.25) is 4.79 Å². The molecule has 22 unspecified atom stereocenters. The summed E-state index contributed by atoms with van der Waals surface area (Å²) in [7, 11) is 0. The molecule has 9 saturated carbocycles. The first-order valence-corrected chi connectivity index (χ1v) is 29.2. The van der Waals surface area contributed by atoms with E-state index in [2.05, 4.69) is 69.2 Å². The third-order valence-corrected chi connectivity index (χ3v) is 21.8. The maximum absolute atomic E-state index is 12.3. The third-order valence-electron chi connectivity index (χ3n) is 21.8. The normalized spacial score (nSPS) is 46.9. The first-order chi connectivity index (χ1) is 31.3. The zero-order valence-electron chi connectivity index (χ0n) is 45.2. The van der Waals surface area contributed by atoms with Crippen molar-refractivity contribution in [2.45, 2.75) is 236 Å². The Balaban J connectivity index is 0.000000125. The Hall–Kier alpha value is -1.30. The van der Waals surface area contributed by atoms with E-state index in [-0.39, 0.29) is 29.9 Å². The Morgan fingerprint density at radius 1 is 0.545 bits per heavy atom. The second kappa shape index (κ2) is 22.8. The predicted molar refractivity (Wildman–Crippen MR) is 271 cm³/mol. The Bertz CT molecular complexity index is 1510. The summed E-state index contributed by atoms with van der Waals surface area (Å²) in [4.78, 5) is 26.2. The van der Waals surface area contributed by atoms with E-state index < -0.39 is 0 Å². The smallest absolute Gasteiger partial charge is 0.410 e. The van der Waals surface area contributed by atoms with Crippen LogP contribution in [0.25, 0.3) is 0 Å². The summed E-state index contributed by atoms with van der Waals surface area (Å²) in [5.41, 5.74) is -0.381. The monoisotopic (exact) mass is 920 g/mol. The maximum Gasteiger partial charge on any atom is 0.410 e. The second-order valence-electron chi connectivity index (χ2n) is 26.9. The number of carbonyl (C=O) groups is 2. The first-order valence-electron chi connectivity index (χ1n) is 29.2. The quantitative estimate of drug-likeness (QED) is 0.264. The van der Waals surface area contributed by atoms with Gasteiger partial charge in [-0.15, -0.1) is 0 Å². The molecule has 0 aromatic heterocycles. The molecule has 6 heteroatoms. The van der Waals surface area contributed by atoms with Crippen LogP contribution in [0.4, 0.5) is 4.79 Å². The van der Waals surface area contributed by atoms with Gasteiger partial charge in [0.1, 0.15) is 5.60 Å². The molecule has 0 N–H and O–H groups in total. The van der Waals surface area contributed by atoms with Crippen molar-refractivity contribution in [3.63, 3.8) is 0 Å². The molecule has 380 valence electrons. The molecule has 0 aromatic carbocycles. The summed E-state index contributed by atoms with van der Waals surface area (Å²) in [6.07, 6.45) is 27.4. The number of ether oxygens (including phenoxy) is 3. The summed E-state index contributed by atoms with van der Waals surface area (Å²) in [6.45, 7) is 31.2. The Morgan fingerprint density at radius 3 is 1.71 bits per heavy atom. The van der Waals surface area contributed by atoms with Gasteiger partial charge in [-0.1, -0.05) is 108 Å². The van der Waals surface area contributed by atoms with Crippen molar-refractivity contribution >= 4 is 12.1 Å². The molecule has 2 saturated heterocycles. The number of esters is 1. The highest BCUT2D eigenvalue weighted by molar-refractivity contribution is 5.73. The highest BCUT2D eigenvalue weighted by Crippen LogP contribution is 2.56. The van der Waals surface area contributed by atoms with Crippen LogP contribution in [-0.2, 0) is 19.0 Å². The number of fused-ring (bicyclic) bond motifs is 7. The minimum absolute atomic E-state index is 0.00755. The topological polar surface area (TPSA) is 65.1 Å². The van der Waals surface area contributed by atoms with Crippen LogP contribution in [0.15, 0.2) is 0 Å². The molecule has 0 radical (unpaired) electrons. The summed E-state index contributed by atoms with van der Waals surface area (Å²) < 4.78 is 16.5. The number of nitrogens with zero attached hydrogens (tertiary/aromatic N) is 1. The fraction of sp³-hybridized carbons (Fsp3) is 0.967. The number of carbonyl (C=O) groups excluding carboxylic acids is 2. The number of likely N-dealkylation sites (tertiary alicyclic amines) is 1. The van der Waals surface area contributed by atoms with Crippen molar-refractivity contribution in [2.24, 2.45) is 118 Å². The van der Waals surface area contributed by atoms with Gasteiger partial charge >= 0.3 is 12.1 Å². The van der Waals surface area contributed by atoms with Crippen LogP contribution >= 0.6 is 0 Å². The molecular formula is C60H105NO5. The number of amides is 1. The molecule has 4 bridgehead atoms. The van der Waals surface area contributed by atoms with E-state index in [9.17, 15) is 9.59 Å². The minimum Gasteiger partial charge on any atom is -0.444 e. The molecule has 11 rings (SSSR count). The van der Waals surface area contributed by atoms with Crippen LogP contribution in [0, 0.1) is 118 Å². The Labute approximate surface area is 407 Å². The van der Waals surface area contributed by atoms with E-state index in [4.69, 9.17) is 14.2 Å². The lowest BCUT2D eigenvalue weighted by Gasteiger charge is -2.36. The Kier molecular flexibility index (Phi) is 18.2. The molecule has 0 aromatic rings. The summed E-state index contributed by atoms with van der Waals surface area (Å²) in [5.74, 6) is 18.0. The van der Waals surface area contributed by atoms with Gasteiger partial charge in [0.15, 0.2) is 0 Å². The third kappa shape index (κ3) is 12.2. The number of piperidine rings is 1. The number of hydrogen-bond donors (Lipinski definition) is 0. The molecule has 2 heterocycles. The predicted octanol–water partition coefficient (Wildman–Crippen LogP) is 15.9. The van der Waals surface area contributed by atoms with E-state index in [0.29, 0.717) is 29.7 Å². The van der Waals surface area contributed by atoms with Crippen LogP contribution < -0.4 is 0 Å². The lowest BCUT2D eigenvalue weighted by molar-refractivity contribution is -0.193. The van der Waals surface area contributed by atoms with Crippen molar-refractivity contribution in [3.8, 4) is 0 Å². The molecule has 1 amide bonds. The van der Waals surface area contributed by atoms with Gasteiger partial charge in [0.2, 0.25) is 6.29 Å². The molecule has 9 aliphatic carbocycles. The fourth-order valence-electron chi connectivity index (χ4n) is 17.4. The van der Waals surface area contributed by atoms with Crippen LogP contribution in [-0.4, -0.2) is 48.0 Å². The van der Waals surface area contributed by atoms with E-state index in [1.165, 1.54) is 89.9 Å². The molecule has 6 nitrogen and oxygen atoms in total. The molecule has 2 aliphatic heterocycles. The molecule has 22 atom stereocenters. The molecule has 11 fully saturated rings. The standard InChI is InChI=1S/C15H24O3.C13H23NO2.C12H22.2C10H18/c1-9-10(2)12-7-11(9)8-13(12)15(16)18-14-5-3-4-6-17-14;1-8-9(2)11-6-10(8)7-14(11)12(15)16-13(3,4)5;1-3-10-8-9(2)11-6-4-5-7-12(10)11;1-7-3-5-10-8(2)4-6-9(7)10;1-7-5-9-4-3-8(2)10(9)6-7/h9-14H,3-8H2,1-2H3;8-11H,6-7H2,1-5H3;9-12H,3-8H2,1-2H3;2*7-10H,3-6H2,1-2H3. The average Bonchev–Trinajstić information content (AvgIpc) is 4.17. The SMILES string of the molecule is CC1C2CC(C(=O)OC3CCCCO3)C(C2)C1C.CC1C2CC(C1C)N(C(=O)OC(C)(C)C)C2.CC1CC2CCC(C)C2C1.CC1CCC2C(C)CCC12.CCC1CC(C)C2CCCCC12. The van der Waals surface area contributed by atoms with Crippen molar-refractivity contribution in [1.82, 2.24) is 4.90 Å². The minimum atomic E-state index is -0.381. The van der Waals surface area contributed by atoms with E-state index in [1.54, 1.807) is 12.8 Å². The second-order valence-corrected chi connectivity index (χ2v) is 26.9. The van der Waals surface area contributed by atoms with Crippen LogP contribution in [0.2, 0.25) is 0 Å². The van der Waals surface area contributed by atoms with Crippen molar-refractivity contribution in [2.75, 3.05) is 13.2 Å². The lowest BCUT2D eigenvalue weighted by atomic mass is 9.76. The number of rotatable bonds is 3. The number of hydrogen-bond acceptors (Lipinski definition) is 5. The lowest BCUT2D eigenvalue weighted by Crippen LogP contribution is -2.46. The molecular weight excluding hydrogens is 815 g/mol. The van der Waals surface area contributed by atoms with Gasteiger partial charge in [0.05, 0.1) is 12.5 Å². The van der Waals surface area contributed by atoms with Crippen LogP contribution in [0.5, 0.6) is 0 Å². The molecule has 11 aliphatic rings. The van der Waals surface area contributed by atoms with Gasteiger partial charge in [-0.25, -0.2) is 4.79 Å². The van der Waals surface area contributed by atoms with E-state index >= 15 is 0 Å². The largest absolute Gasteiger partial charge is 0.444 e. The zero-order chi connectivity index (χ0) is 47.6. The fourth-order valence-corrected chi connectivity index (χ4v) is 17.4. The first kappa shape index (κ1) is 52.5. The summed E-state index contributed by atoms with van der Waals surface area (Å²) in [5, 5.41) is 0. The molecule has 66 heavy (non-hydrogen) atoms. The van der Waals surface area contributed by atoms with Crippen molar-refractivity contribution in [3.05, 3.63) is 0 Å². The van der Waals surface area contributed by atoms with Gasteiger partial charge in [0.25, 0.3) is 0 Å². The van der Waals surface area contributed by atoms with E-state index in [0.717, 1.165) is 128 Å². The highest BCUT2D eigenvalue weighted by atomic mass is 16.7. The van der Waals surface area contributed by atoms with Crippen molar-refractivity contribution < 1.29 is 23.8 Å². The van der Waals surface area contributed by atoms with Crippen molar-refractivity contribution in [1.29, 1.82) is 0 Å². The van der Waals surface area contributed by atoms with Crippen LogP contribution in [0.1, 0.15) is 218 Å². The van der Waals surface area contributed by atoms with E-state index in [1.807, 2.05) is 25.7 Å². The van der Waals surface area contributed by atoms with Crippen LogP contribution in [0.3, 0.4) is 0 Å². The Morgan fingerprint density at radius 2 is 1.15 bits per heavy atom. The van der Waals surface area contributed by atoms with Gasteiger partial charge < -0.3 is 19.1 Å². The zero-order valence-corrected chi connectivity index (χ0v) is 45.2. The maximum atomic E-state index is 12.3. The summed E-state index contributed by atoms with van der Waals surface area (Å²) in [6, 6.07) is 0.412. The van der Waals surface area contributed by atoms with Gasteiger partial charge in [0, 0.05) is 19.0 Å². The van der Waals surface area contributed by atoms with Gasteiger partial charge in [-0.2, -0.15) is 0 Å².